The summed E-state index contributed by atoms with van der Waals surface area (Å²) < 4.78 is 1.77. The van der Waals surface area contributed by atoms with Crippen molar-refractivity contribution in [1.82, 2.24) is 30.1 Å². The maximum Gasteiger partial charge on any atom is 0.253 e. The number of piperidine rings is 1. The Kier molecular flexibility index (Phi) is 5.78. The third kappa shape index (κ3) is 4.31. The van der Waals surface area contributed by atoms with E-state index in [4.69, 9.17) is 0 Å². The van der Waals surface area contributed by atoms with Crippen LogP contribution in [0.2, 0.25) is 0 Å². The molecule has 0 amide bonds. The number of aliphatic hydroxyl groups excluding tert-OH is 1. The average molecular weight is 445 g/mol. The summed E-state index contributed by atoms with van der Waals surface area (Å²) in [4.78, 5) is 18.6. The Balaban J connectivity index is 1.62. The molecule has 0 unspecified atom stereocenters. The molecule has 2 N–H and O–H groups in total. The van der Waals surface area contributed by atoms with Crippen molar-refractivity contribution in [3.05, 3.63) is 87.0 Å². The highest BCUT2D eigenvalue weighted by Gasteiger charge is 2.32. The molecule has 1 aliphatic rings. The standard InChI is InChI=1S/C25H28N6O2/c1-16-12-19-14-21(25(33)26-22(19)13-17(16)2)23(30-10-8-20(32)9-11-30)24-27-28-29-31(24)15-18-6-4-3-5-7-18/h3-7,12-14,20,23,32H,8-11,15H2,1-2H3,(H,26,33)/t23-/m1/s1. The molecule has 0 radical (unpaired) electrons. The Morgan fingerprint density at radius 3 is 2.58 bits per heavy atom. The molecule has 1 atom stereocenters. The Bertz CT molecular complexity index is 1320. The lowest BCUT2D eigenvalue weighted by atomic mass is 9.98. The second-order valence-electron chi connectivity index (χ2n) is 8.93. The van der Waals surface area contributed by atoms with Crippen molar-refractivity contribution in [1.29, 1.82) is 0 Å². The van der Waals surface area contributed by atoms with E-state index in [-0.39, 0.29) is 11.7 Å². The zero-order valence-electron chi connectivity index (χ0n) is 18.9. The van der Waals surface area contributed by atoms with Crippen LogP contribution in [0.5, 0.6) is 0 Å². The molecular weight excluding hydrogens is 416 g/mol. The number of tetrazole rings is 1. The molecule has 1 aliphatic heterocycles. The van der Waals surface area contributed by atoms with E-state index in [2.05, 4.69) is 38.4 Å². The summed E-state index contributed by atoms with van der Waals surface area (Å²) in [6.07, 6.45) is 0.990. The zero-order valence-corrected chi connectivity index (χ0v) is 18.9. The molecule has 8 heteroatoms. The number of aliphatic hydroxyl groups is 1. The van der Waals surface area contributed by atoms with Crippen molar-refractivity contribution >= 4 is 10.9 Å². The number of aromatic amines is 1. The summed E-state index contributed by atoms with van der Waals surface area (Å²) in [6, 6.07) is 15.7. The number of nitrogens with zero attached hydrogens (tertiary/aromatic N) is 5. The van der Waals surface area contributed by atoms with Gasteiger partial charge in [-0.15, -0.1) is 5.10 Å². The van der Waals surface area contributed by atoms with Crippen LogP contribution in [0.1, 0.15) is 47.0 Å². The van der Waals surface area contributed by atoms with Gasteiger partial charge in [0, 0.05) is 24.2 Å². The number of rotatable bonds is 5. The monoisotopic (exact) mass is 444 g/mol. The Morgan fingerprint density at radius 1 is 1.09 bits per heavy atom. The fourth-order valence-corrected chi connectivity index (χ4v) is 4.62. The largest absolute Gasteiger partial charge is 0.393 e. The first-order chi connectivity index (χ1) is 16.0. The average Bonchev–Trinajstić information content (AvgIpc) is 3.25. The highest BCUT2D eigenvalue weighted by atomic mass is 16.3. The predicted octanol–water partition coefficient (Wildman–Crippen LogP) is 2.73. The summed E-state index contributed by atoms with van der Waals surface area (Å²) in [7, 11) is 0. The molecular formula is C25H28N6O2. The number of fused-ring (bicyclic) bond motifs is 1. The first-order valence-corrected chi connectivity index (χ1v) is 11.4. The number of hydrogen-bond acceptors (Lipinski definition) is 6. The molecule has 170 valence electrons. The van der Waals surface area contributed by atoms with E-state index in [9.17, 15) is 9.90 Å². The van der Waals surface area contributed by atoms with Gasteiger partial charge in [0.15, 0.2) is 5.82 Å². The number of aromatic nitrogens is 5. The molecule has 4 aromatic rings. The number of hydrogen-bond donors (Lipinski definition) is 2. The van der Waals surface area contributed by atoms with Crippen LogP contribution in [0.25, 0.3) is 10.9 Å². The van der Waals surface area contributed by atoms with Crippen LogP contribution in [-0.2, 0) is 6.54 Å². The Labute approximate surface area is 191 Å². The second kappa shape index (κ2) is 8.88. The van der Waals surface area contributed by atoms with Gasteiger partial charge < -0.3 is 10.1 Å². The van der Waals surface area contributed by atoms with Gasteiger partial charge in [0.2, 0.25) is 0 Å². The number of pyridine rings is 1. The van der Waals surface area contributed by atoms with Crippen LogP contribution in [-0.4, -0.2) is 54.4 Å². The minimum atomic E-state index is -0.411. The van der Waals surface area contributed by atoms with E-state index in [1.54, 1.807) is 4.68 Å². The van der Waals surface area contributed by atoms with Gasteiger partial charge in [0.1, 0.15) is 6.04 Å². The molecule has 0 spiro atoms. The molecule has 5 rings (SSSR count). The number of aryl methyl sites for hydroxylation is 2. The summed E-state index contributed by atoms with van der Waals surface area (Å²) in [6.45, 7) is 5.95. The van der Waals surface area contributed by atoms with Gasteiger partial charge in [-0.25, -0.2) is 4.68 Å². The molecule has 0 aliphatic carbocycles. The Morgan fingerprint density at radius 2 is 1.82 bits per heavy atom. The summed E-state index contributed by atoms with van der Waals surface area (Å²) in [5.41, 5.74) is 4.69. The van der Waals surface area contributed by atoms with Crippen molar-refractivity contribution in [2.24, 2.45) is 0 Å². The first kappa shape index (κ1) is 21.5. The summed E-state index contributed by atoms with van der Waals surface area (Å²) >= 11 is 0. The van der Waals surface area contributed by atoms with Crippen LogP contribution >= 0.6 is 0 Å². The van der Waals surface area contributed by atoms with Gasteiger partial charge in [-0.05, 0) is 77.4 Å². The van der Waals surface area contributed by atoms with Gasteiger partial charge in [-0.2, -0.15) is 0 Å². The summed E-state index contributed by atoms with van der Waals surface area (Å²) in [5, 5.41) is 23.7. The lowest BCUT2D eigenvalue weighted by Crippen LogP contribution is -2.41. The van der Waals surface area contributed by atoms with E-state index in [1.165, 1.54) is 5.56 Å². The van der Waals surface area contributed by atoms with Crippen LogP contribution in [0.15, 0.2) is 53.3 Å². The van der Waals surface area contributed by atoms with E-state index in [1.807, 2.05) is 49.4 Å². The molecule has 1 saturated heterocycles. The lowest BCUT2D eigenvalue weighted by molar-refractivity contribution is 0.0659. The SMILES string of the molecule is Cc1cc2cc([C@H](c3nnnn3Cc3ccccc3)N3CCC(O)CC3)c(=O)[nH]c2cc1C. The molecule has 2 aromatic heterocycles. The molecule has 1 fully saturated rings. The van der Waals surface area contributed by atoms with Crippen molar-refractivity contribution in [3.8, 4) is 0 Å². The molecule has 2 aromatic carbocycles. The molecule has 3 heterocycles. The Hall–Kier alpha value is -3.36. The maximum absolute atomic E-state index is 13.3. The topological polar surface area (TPSA) is 99.9 Å². The fraction of sp³-hybridized carbons (Fsp3) is 0.360. The quantitative estimate of drug-likeness (QED) is 0.491. The summed E-state index contributed by atoms with van der Waals surface area (Å²) in [5.74, 6) is 0.629. The van der Waals surface area contributed by atoms with Crippen LogP contribution < -0.4 is 5.56 Å². The number of likely N-dealkylation sites (tertiary alicyclic amines) is 1. The third-order valence-electron chi connectivity index (χ3n) is 6.63. The lowest BCUT2D eigenvalue weighted by Gasteiger charge is -2.35. The van der Waals surface area contributed by atoms with Crippen molar-refractivity contribution < 1.29 is 5.11 Å². The van der Waals surface area contributed by atoms with Gasteiger partial charge >= 0.3 is 0 Å². The van der Waals surface area contributed by atoms with Crippen LogP contribution in [0.3, 0.4) is 0 Å². The third-order valence-corrected chi connectivity index (χ3v) is 6.63. The normalized spacial score (nSPS) is 16.3. The van der Waals surface area contributed by atoms with E-state index in [0.717, 1.165) is 22.0 Å². The van der Waals surface area contributed by atoms with E-state index < -0.39 is 6.04 Å². The molecule has 8 nitrogen and oxygen atoms in total. The maximum atomic E-state index is 13.3. The number of H-pyrrole nitrogens is 1. The van der Waals surface area contributed by atoms with Crippen LogP contribution in [0.4, 0.5) is 0 Å². The predicted molar refractivity (Wildman–Crippen MR) is 126 cm³/mol. The molecule has 0 saturated carbocycles. The molecule has 0 bridgehead atoms. The number of nitrogens with one attached hydrogen (secondary N) is 1. The highest BCUT2D eigenvalue weighted by Crippen LogP contribution is 2.30. The second-order valence-corrected chi connectivity index (χ2v) is 8.93. The minimum absolute atomic E-state index is 0.142. The van der Waals surface area contributed by atoms with Crippen LogP contribution in [0, 0.1) is 13.8 Å². The van der Waals surface area contributed by atoms with Gasteiger partial charge in [-0.3, -0.25) is 9.69 Å². The zero-order chi connectivity index (χ0) is 22.9. The van der Waals surface area contributed by atoms with Gasteiger partial charge in [-0.1, -0.05) is 30.3 Å². The molecule has 33 heavy (non-hydrogen) atoms. The van der Waals surface area contributed by atoms with Crippen molar-refractivity contribution in [3.63, 3.8) is 0 Å². The van der Waals surface area contributed by atoms with Crippen molar-refractivity contribution in [2.45, 2.75) is 45.4 Å². The fourth-order valence-electron chi connectivity index (χ4n) is 4.62. The highest BCUT2D eigenvalue weighted by molar-refractivity contribution is 5.81. The van der Waals surface area contributed by atoms with Crippen molar-refractivity contribution in [2.75, 3.05) is 13.1 Å². The number of benzene rings is 2. The minimum Gasteiger partial charge on any atom is -0.393 e. The van der Waals surface area contributed by atoms with E-state index in [0.29, 0.717) is 43.9 Å². The van der Waals surface area contributed by atoms with E-state index >= 15 is 0 Å². The van der Waals surface area contributed by atoms with Gasteiger partial charge in [0.05, 0.1) is 12.6 Å². The van der Waals surface area contributed by atoms with Gasteiger partial charge in [0.25, 0.3) is 5.56 Å². The first-order valence-electron chi connectivity index (χ1n) is 11.4. The smallest absolute Gasteiger partial charge is 0.253 e.